The van der Waals surface area contributed by atoms with Gasteiger partial charge in [-0.25, -0.2) is 14.8 Å². The topological polar surface area (TPSA) is 144 Å². The molecule has 0 unspecified atom stereocenters. The maximum Gasteiger partial charge on any atom is 0.320 e. The summed E-state index contributed by atoms with van der Waals surface area (Å²) in [6.07, 6.45) is 5.59. The molecule has 0 saturated heterocycles. The average Bonchev–Trinajstić information content (AvgIpc) is 3.44. The van der Waals surface area contributed by atoms with Crippen LogP contribution in [-0.4, -0.2) is 48.1 Å². The minimum absolute atomic E-state index is 0.0332. The second-order valence-electron chi connectivity index (χ2n) is 12.6. The molecule has 3 heterocycles. The zero-order chi connectivity index (χ0) is 32.1. The third kappa shape index (κ3) is 7.30. The SMILES string of the molecule is CCC(CC)c1nnc2ccc(O[C@@H]3CC[C@H](NC(=O)Nc4cc(C(C)(C)C)nc(C(=O)CCCO)n4)c4ccccc43)cn12. The number of Topliss-reactive ketones (excluding diaryl/α,β-unsaturated/α-hetero) is 1. The van der Waals surface area contributed by atoms with E-state index in [1.807, 2.05) is 67.8 Å². The summed E-state index contributed by atoms with van der Waals surface area (Å²) >= 11 is 0. The van der Waals surface area contributed by atoms with Crippen molar-refractivity contribution in [3.05, 3.63) is 77.1 Å². The third-order valence-corrected chi connectivity index (χ3v) is 8.32. The van der Waals surface area contributed by atoms with Crippen LogP contribution in [0.15, 0.2) is 48.7 Å². The Morgan fingerprint density at radius 2 is 1.80 bits per heavy atom. The van der Waals surface area contributed by atoms with Gasteiger partial charge in [0.15, 0.2) is 17.3 Å². The number of aliphatic hydroxyl groups excluding tert-OH is 1. The minimum Gasteiger partial charge on any atom is -0.484 e. The Morgan fingerprint density at radius 3 is 2.51 bits per heavy atom. The summed E-state index contributed by atoms with van der Waals surface area (Å²) in [5.74, 6) is 2.01. The number of anilines is 1. The normalized spacial score (nSPS) is 16.4. The van der Waals surface area contributed by atoms with Crippen LogP contribution >= 0.6 is 0 Å². The number of fused-ring (bicyclic) bond motifs is 2. The first-order chi connectivity index (χ1) is 21.6. The molecule has 3 aromatic heterocycles. The summed E-state index contributed by atoms with van der Waals surface area (Å²) in [5.41, 5.74) is 3.08. The van der Waals surface area contributed by atoms with Crippen molar-refractivity contribution in [3.8, 4) is 5.75 Å². The largest absolute Gasteiger partial charge is 0.484 e. The van der Waals surface area contributed by atoms with Crippen LogP contribution in [0.5, 0.6) is 5.75 Å². The molecule has 4 aromatic rings. The van der Waals surface area contributed by atoms with Crippen molar-refractivity contribution < 1.29 is 19.4 Å². The third-order valence-electron chi connectivity index (χ3n) is 8.32. The fourth-order valence-corrected chi connectivity index (χ4v) is 5.76. The molecule has 1 aliphatic carbocycles. The number of nitrogens with one attached hydrogen (secondary N) is 2. The number of rotatable bonds is 11. The number of ether oxygens (including phenoxy) is 1. The van der Waals surface area contributed by atoms with Crippen molar-refractivity contribution >= 4 is 23.3 Å². The van der Waals surface area contributed by atoms with Gasteiger partial charge in [0.25, 0.3) is 0 Å². The molecule has 0 saturated carbocycles. The number of ketones is 1. The van der Waals surface area contributed by atoms with Crippen molar-refractivity contribution in [3.63, 3.8) is 0 Å². The van der Waals surface area contributed by atoms with E-state index in [2.05, 4.69) is 44.6 Å². The summed E-state index contributed by atoms with van der Waals surface area (Å²) in [6.45, 7) is 10.2. The number of urea groups is 1. The van der Waals surface area contributed by atoms with Crippen molar-refractivity contribution in [1.82, 2.24) is 29.9 Å². The first-order valence-corrected chi connectivity index (χ1v) is 15.8. The van der Waals surface area contributed by atoms with Crippen molar-refractivity contribution in [2.45, 2.75) is 96.6 Å². The number of benzene rings is 1. The summed E-state index contributed by atoms with van der Waals surface area (Å²) in [5, 5.41) is 23.9. The van der Waals surface area contributed by atoms with Crippen LogP contribution in [0.1, 0.15) is 124 Å². The van der Waals surface area contributed by atoms with Gasteiger partial charge in [0.05, 0.1) is 17.9 Å². The Balaban J connectivity index is 1.32. The molecule has 0 spiro atoms. The van der Waals surface area contributed by atoms with Crippen molar-refractivity contribution in [2.75, 3.05) is 11.9 Å². The van der Waals surface area contributed by atoms with Crippen LogP contribution in [0.25, 0.3) is 5.65 Å². The Kier molecular flexibility index (Phi) is 9.77. The van der Waals surface area contributed by atoms with Crippen LogP contribution in [0.4, 0.5) is 10.6 Å². The molecule has 11 heteroatoms. The Labute approximate surface area is 263 Å². The molecule has 5 rings (SSSR count). The number of aromatic nitrogens is 5. The number of aliphatic hydroxyl groups is 1. The molecular weight excluding hydrogens is 570 g/mol. The minimum atomic E-state index is -0.423. The standard InChI is InChI=1S/C34H43N7O4/c1-6-21(7-2)32-40-39-30-17-14-22(20-41(30)32)45-27-16-15-25(23-11-8-9-12-24(23)27)35-33(44)38-29-19-28(34(3,4)5)36-31(37-29)26(43)13-10-18-42/h8-9,11-12,14,17,19-21,25,27,42H,6-7,10,13,15-16,18H2,1-5H3,(H2,35,36,37,38,44)/t25-,27+/m0/s1. The lowest BCUT2D eigenvalue weighted by Gasteiger charge is -2.32. The Morgan fingerprint density at radius 1 is 1.04 bits per heavy atom. The first kappa shape index (κ1) is 32.0. The van der Waals surface area contributed by atoms with Gasteiger partial charge in [0.2, 0.25) is 0 Å². The second-order valence-corrected chi connectivity index (χ2v) is 12.6. The predicted molar refractivity (Wildman–Crippen MR) is 172 cm³/mol. The van der Waals surface area contributed by atoms with E-state index in [9.17, 15) is 9.59 Å². The van der Waals surface area contributed by atoms with Gasteiger partial charge in [-0.15, -0.1) is 10.2 Å². The molecule has 0 fully saturated rings. The number of pyridine rings is 1. The quantitative estimate of drug-likeness (QED) is 0.164. The number of nitrogens with zero attached hydrogens (tertiary/aromatic N) is 5. The number of hydrogen-bond acceptors (Lipinski definition) is 8. The van der Waals surface area contributed by atoms with Crippen molar-refractivity contribution in [1.29, 1.82) is 0 Å². The summed E-state index contributed by atoms with van der Waals surface area (Å²) in [7, 11) is 0. The molecule has 3 N–H and O–H groups in total. The highest BCUT2D eigenvalue weighted by molar-refractivity contribution is 5.94. The van der Waals surface area contributed by atoms with E-state index in [1.165, 1.54) is 0 Å². The van der Waals surface area contributed by atoms with E-state index in [0.29, 0.717) is 30.9 Å². The van der Waals surface area contributed by atoms with Gasteiger partial charge in [-0.1, -0.05) is 58.9 Å². The van der Waals surface area contributed by atoms with Gasteiger partial charge >= 0.3 is 6.03 Å². The fourth-order valence-electron chi connectivity index (χ4n) is 5.76. The molecule has 45 heavy (non-hydrogen) atoms. The summed E-state index contributed by atoms with van der Waals surface area (Å²) in [6, 6.07) is 12.9. The number of amides is 2. The predicted octanol–water partition coefficient (Wildman–Crippen LogP) is 6.45. The van der Waals surface area contributed by atoms with Crippen LogP contribution in [-0.2, 0) is 5.41 Å². The molecule has 1 aromatic carbocycles. The lowest BCUT2D eigenvalue weighted by Crippen LogP contribution is -2.36. The van der Waals surface area contributed by atoms with Gasteiger partial charge < -0.3 is 15.2 Å². The summed E-state index contributed by atoms with van der Waals surface area (Å²) < 4.78 is 8.58. The molecule has 11 nitrogen and oxygen atoms in total. The van der Waals surface area contributed by atoms with E-state index >= 15 is 0 Å². The van der Waals surface area contributed by atoms with Crippen LogP contribution in [0.2, 0.25) is 0 Å². The number of carbonyl (C=O) groups is 2. The Bertz CT molecular complexity index is 1660. The molecule has 0 radical (unpaired) electrons. The van der Waals surface area contributed by atoms with Gasteiger partial charge in [-0.05, 0) is 55.4 Å². The smallest absolute Gasteiger partial charge is 0.320 e. The van der Waals surface area contributed by atoms with Gasteiger partial charge in [0, 0.05) is 30.4 Å². The molecular formula is C34H43N7O4. The maximum absolute atomic E-state index is 13.3. The van der Waals surface area contributed by atoms with E-state index in [0.717, 1.165) is 41.2 Å². The van der Waals surface area contributed by atoms with E-state index < -0.39 is 6.03 Å². The molecule has 0 bridgehead atoms. The second kappa shape index (κ2) is 13.7. The zero-order valence-electron chi connectivity index (χ0n) is 26.7. The van der Waals surface area contributed by atoms with E-state index in [4.69, 9.17) is 9.84 Å². The number of carbonyl (C=O) groups excluding carboxylic acids is 2. The fraction of sp³-hybridized carbons (Fsp3) is 0.471. The van der Waals surface area contributed by atoms with Crippen LogP contribution in [0, 0.1) is 0 Å². The zero-order valence-corrected chi connectivity index (χ0v) is 26.7. The van der Waals surface area contributed by atoms with E-state index in [1.54, 1.807) is 6.07 Å². The highest BCUT2D eigenvalue weighted by Gasteiger charge is 2.30. The lowest BCUT2D eigenvalue weighted by atomic mass is 9.85. The first-order valence-electron chi connectivity index (χ1n) is 15.8. The van der Waals surface area contributed by atoms with Gasteiger partial charge in [-0.3, -0.25) is 14.5 Å². The average molecular weight is 614 g/mol. The molecule has 2 amide bonds. The van der Waals surface area contributed by atoms with Crippen molar-refractivity contribution in [2.24, 2.45) is 0 Å². The molecule has 2 atom stereocenters. The number of hydrogen-bond donors (Lipinski definition) is 3. The monoisotopic (exact) mass is 613 g/mol. The molecule has 1 aliphatic rings. The lowest BCUT2D eigenvalue weighted by molar-refractivity contribution is 0.0960. The molecule has 238 valence electrons. The Hall–Kier alpha value is -4.38. The summed E-state index contributed by atoms with van der Waals surface area (Å²) in [4.78, 5) is 34.7. The highest BCUT2D eigenvalue weighted by atomic mass is 16.5. The van der Waals surface area contributed by atoms with Crippen LogP contribution < -0.4 is 15.4 Å². The van der Waals surface area contributed by atoms with Gasteiger partial charge in [-0.2, -0.15) is 0 Å². The maximum atomic E-state index is 13.3. The van der Waals surface area contributed by atoms with Crippen LogP contribution in [0.3, 0.4) is 0 Å². The van der Waals surface area contributed by atoms with Gasteiger partial charge in [0.1, 0.15) is 23.5 Å². The molecule has 0 aliphatic heterocycles. The highest BCUT2D eigenvalue weighted by Crippen LogP contribution is 2.39. The van der Waals surface area contributed by atoms with E-state index in [-0.39, 0.29) is 48.0 Å².